The number of aryl methyl sites for hydroxylation is 1. The lowest BCUT2D eigenvalue weighted by molar-refractivity contribution is 0.0949. The summed E-state index contributed by atoms with van der Waals surface area (Å²) in [7, 11) is 1.88. The highest BCUT2D eigenvalue weighted by atomic mass is 16.1. The molecule has 1 saturated carbocycles. The van der Waals surface area contributed by atoms with Crippen LogP contribution < -0.4 is 10.6 Å². The molecule has 1 aliphatic rings. The maximum Gasteiger partial charge on any atom is 0.251 e. The molecule has 86 valence electrons. The SMILES string of the molecule is CNc1ccc(C(=O)NC2CC2C)c(C)c1. The molecule has 0 aliphatic heterocycles. The summed E-state index contributed by atoms with van der Waals surface area (Å²) in [5.41, 5.74) is 2.82. The first-order valence-electron chi connectivity index (χ1n) is 5.71. The van der Waals surface area contributed by atoms with E-state index in [1.807, 2.05) is 32.2 Å². The molecule has 1 aromatic rings. The van der Waals surface area contributed by atoms with Gasteiger partial charge in [0, 0.05) is 24.3 Å². The van der Waals surface area contributed by atoms with Crippen molar-refractivity contribution in [3.05, 3.63) is 29.3 Å². The van der Waals surface area contributed by atoms with Crippen molar-refractivity contribution in [3.63, 3.8) is 0 Å². The Hall–Kier alpha value is -1.51. The van der Waals surface area contributed by atoms with Crippen LogP contribution in [0.15, 0.2) is 18.2 Å². The molecular weight excluding hydrogens is 200 g/mol. The van der Waals surface area contributed by atoms with Crippen molar-refractivity contribution in [2.24, 2.45) is 5.92 Å². The third kappa shape index (κ3) is 2.18. The molecule has 0 aromatic heterocycles. The lowest BCUT2D eigenvalue weighted by Gasteiger charge is -2.08. The Bertz CT molecular complexity index is 414. The van der Waals surface area contributed by atoms with E-state index in [2.05, 4.69) is 17.6 Å². The van der Waals surface area contributed by atoms with Gasteiger partial charge < -0.3 is 10.6 Å². The van der Waals surface area contributed by atoms with Crippen LogP contribution in [0.3, 0.4) is 0 Å². The summed E-state index contributed by atoms with van der Waals surface area (Å²) >= 11 is 0. The third-order valence-electron chi connectivity index (χ3n) is 3.19. The molecule has 1 fully saturated rings. The normalized spacial score (nSPS) is 22.7. The zero-order chi connectivity index (χ0) is 11.7. The average molecular weight is 218 g/mol. The number of anilines is 1. The highest BCUT2D eigenvalue weighted by molar-refractivity contribution is 5.96. The van der Waals surface area contributed by atoms with Crippen molar-refractivity contribution >= 4 is 11.6 Å². The van der Waals surface area contributed by atoms with Gasteiger partial charge >= 0.3 is 0 Å². The van der Waals surface area contributed by atoms with Crippen molar-refractivity contribution < 1.29 is 4.79 Å². The van der Waals surface area contributed by atoms with Crippen LogP contribution in [0.4, 0.5) is 5.69 Å². The van der Waals surface area contributed by atoms with Crippen molar-refractivity contribution in [1.29, 1.82) is 0 Å². The van der Waals surface area contributed by atoms with Crippen LogP contribution in [0.1, 0.15) is 29.3 Å². The van der Waals surface area contributed by atoms with Gasteiger partial charge in [0.25, 0.3) is 5.91 Å². The van der Waals surface area contributed by atoms with E-state index in [1.165, 1.54) is 0 Å². The first-order valence-corrected chi connectivity index (χ1v) is 5.71. The Morgan fingerprint density at radius 3 is 2.62 bits per heavy atom. The van der Waals surface area contributed by atoms with E-state index in [9.17, 15) is 4.79 Å². The minimum atomic E-state index is 0.0505. The first-order chi connectivity index (χ1) is 7.61. The minimum Gasteiger partial charge on any atom is -0.388 e. The largest absolute Gasteiger partial charge is 0.388 e. The Balaban J connectivity index is 2.10. The highest BCUT2D eigenvalue weighted by Crippen LogP contribution is 2.29. The predicted octanol–water partition coefficient (Wildman–Crippen LogP) is 2.17. The Kier molecular flexibility index (Phi) is 2.86. The summed E-state index contributed by atoms with van der Waals surface area (Å²) in [4.78, 5) is 11.9. The van der Waals surface area contributed by atoms with E-state index >= 15 is 0 Å². The van der Waals surface area contributed by atoms with Gasteiger partial charge in [-0.05, 0) is 43.0 Å². The van der Waals surface area contributed by atoms with Crippen molar-refractivity contribution in [2.75, 3.05) is 12.4 Å². The van der Waals surface area contributed by atoms with E-state index in [-0.39, 0.29) is 5.91 Å². The second-order valence-corrected chi connectivity index (χ2v) is 4.57. The van der Waals surface area contributed by atoms with Crippen LogP contribution in [0.2, 0.25) is 0 Å². The van der Waals surface area contributed by atoms with Crippen LogP contribution >= 0.6 is 0 Å². The molecule has 0 heterocycles. The summed E-state index contributed by atoms with van der Waals surface area (Å²) in [6.45, 7) is 4.12. The van der Waals surface area contributed by atoms with Gasteiger partial charge in [-0.25, -0.2) is 0 Å². The summed E-state index contributed by atoms with van der Waals surface area (Å²) < 4.78 is 0. The van der Waals surface area contributed by atoms with Gasteiger partial charge in [-0.2, -0.15) is 0 Å². The fourth-order valence-electron chi connectivity index (χ4n) is 1.84. The molecule has 0 spiro atoms. The smallest absolute Gasteiger partial charge is 0.251 e. The van der Waals surface area contributed by atoms with E-state index in [4.69, 9.17) is 0 Å². The van der Waals surface area contributed by atoms with Gasteiger partial charge in [0.1, 0.15) is 0 Å². The molecule has 2 unspecified atom stereocenters. The zero-order valence-electron chi connectivity index (χ0n) is 10.0. The van der Waals surface area contributed by atoms with Gasteiger partial charge in [-0.1, -0.05) is 6.92 Å². The molecule has 3 heteroatoms. The summed E-state index contributed by atoms with van der Waals surface area (Å²) in [6.07, 6.45) is 1.11. The molecule has 0 bridgehead atoms. The van der Waals surface area contributed by atoms with Gasteiger partial charge in [-0.3, -0.25) is 4.79 Å². The third-order valence-corrected chi connectivity index (χ3v) is 3.19. The summed E-state index contributed by atoms with van der Waals surface area (Å²) in [5.74, 6) is 0.690. The average Bonchev–Trinajstić information content (AvgIpc) is 2.93. The van der Waals surface area contributed by atoms with Crippen LogP contribution in [-0.2, 0) is 0 Å². The van der Waals surface area contributed by atoms with E-state index < -0.39 is 0 Å². The summed E-state index contributed by atoms with van der Waals surface area (Å²) in [6, 6.07) is 6.18. The van der Waals surface area contributed by atoms with E-state index in [1.54, 1.807) is 0 Å². The number of nitrogens with one attached hydrogen (secondary N) is 2. The molecule has 2 N–H and O–H groups in total. The van der Waals surface area contributed by atoms with Crippen molar-refractivity contribution in [1.82, 2.24) is 5.32 Å². The monoisotopic (exact) mass is 218 g/mol. The highest BCUT2D eigenvalue weighted by Gasteiger charge is 2.34. The fraction of sp³-hybridized carbons (Fsp3) is 0.462. The van der Waals surface area contributed by atoms with Crippen LogP contribution in [0.5, 0.6) is 0 Å². The second kappa shape index (κ2) is 4.16. The first kappa shape index (κ1) is 11.0. The van der Waals surface area contributed by atoms with Crippen LogP contribution in [0, 0.1) is 12.8 Å². The fourth-order valence-corrected chi connectivity index (χ4v) is 1.84. The van der Waals surface area contributed by atoms with E-state index in [0.29, 0.717) is 12.0 Å². The zero-order valence-corrected chi connectivity index (χ0v) is 10.0. The minimum absolute atomic E-state index is 0.0505. The molecule has 1 aromatic carbocycles. The van der Waals surface area contributed by atoms with Gasteiger partial charge in [-0.15, -0.1) is 0 Å². The topological polar surface area (TPSA) is 41.1 Å². The molecule has 2 rings (SSSR count). The Morgan fingerprint density at radius 2 is 2.12 bits per heavy atom. The number of carbonyl (C=O) groups is 1. The van der Waals surface area contributed by atoms with Crippen LogP contribution in [0.25, 0.3) is 0 Å². The van der Waals surface area contributed by atoms with Crippen molar-refractivity contribution in [3.8, 4) is 0 Å². The number of amides is 1. The van der Waals surface area contributed by atoms with Gasteiger partial charge in [0.05, 0.1) is 0 Å². The second-order valence-electron chi connectivity index (χ2n) is 4.57. The molecular formula is C13H18N2O. The number of hydrogen-bond acceptors (Lipinski definition) is 2. The Labute approximate surface area is 96.2 Å². The van der Waals surface area contributed by atoms with Gasteiger partial charge in [0.15, 0.2) is 0 Å². The standard InChI is InChI=1S/C13H18N2O/c1-8-6-10(14-3)4-5-11(8)13(16)15-12-7-9(12)2/h4-6,9,12,14H,7H2,1-3H3,(H,15,16). The molecule has 1 amide bonds. The number of benzene rings is 1. The van der Waals surface area contributed by atoms with E-state index in [0.717, 1.165) is 23.2 Å². The number of carbonyl (C=O) groups excluding carboxylic acids is 1. The lowest BCUT2D eigenvalue weighted by atomic mass is 10.1. The molecule has 1 aliphatic carbocycles. The Morgan fingerprint density at radius 1 is 1.44 bits per heavy atom. The molecule has 0 radical (unpaired) electrons. The molecule has 3 nitrogen and oxygen atoms in total. The maximum atomic E-state index is 11.9. The quantitative estimate of drug-likeness (QED) is 0.816. The molecule has 0 saturated heterocycles. The summed E-state index contributed by atoms with van der Waals surface area (Å²) in [5, 5.41) is 6.10. The number of hydrogen-bond donors (Lipinski definition) is 2. The number of rotatable bonds is 3. The van der Waals surface area contributed by atoms with Gasteiger partial charge in [0.2, 0.25) is 0 Å². The molecule has 2 atom stereocenters. The lowest BCUT2D eigenvalue weighted by Crippen LogP contribution is -2.27. The predicted molar refractivity (Wildman–Crippen MR) is 65.8 cm³/mol. The molecule has 16 heavy (non-hydrogen) atoms. The maximum absolute atomic E-state index is 11.9. The van der Waals surface area contributed by atoms with Crippen LogP contribution in [-0.4, -0.2) is 19.0 Å². The van der Waals surface area contributed by atoms with Crippen molar-refractivity contribution in [2.45, 2.75) is 26.3 Å².